The normalized spacial score (nSPS) is 32.5. The van der Waals surface area contributed by atoms with Gasteiger partial charge in [-0.3, -0.25) is 0 Å². The smallest absolute Gasteiger partial charge is 0.410 e. The van der Waals surface area contributed by atoms with Crippen LogP contribution in [0, 0.1) is 17.8 Å². The molecule has 0 aromatic carbocycles. The average Bonchev–Trinajstić information content (AvgIpc) is 2.60. The molecule has 1 amide bonds. The SMILES string of the molecule is CC(C)(C)OC(=O)N1C[C@@H]2C(CCO)[C@H]2C1. The highest BCUT2D eigenvalue weighted by Gasteiger charge is 2.56. The van der Waals surface area contributed by atoms with E-state index in [9.17, 15) is 4.79 Å². The van der Waals surface area contributed by atoms with Crippen molar-refractivity contribution in [1.29, 1.82) is 0 Å². The van der Waals surface area contributed by atoms with Crippen LogP contribution >= 0.6 is 0 Å². The zero-order chi connectivity index (χ0) is 11.9. The Hall–Kier alpha value is -0.770. The summed E-state index contributed by atoms with van der Waals surface area (Å²) in [6, 6.07) is 0. The summed E-state index contributed by atoms with van der Waals surface area (Å²) in [4.78, 5) is 13.5. The molecule has 0 unspecified atom stereocenters. The Morgan fingerprint density at radius 1 is 1.38 bits per heavy atom. The lowest BCUT2D eigenvalue weighted by atomic mass is 10.2. The van der Waals surface area contributed by atoms with Gasteiger partial charge in [0.25, 0.3) is 0 Å². The van der Waals surface area contributed by atoms with Crippen LogP contribution in [-0.4, -0.2) is 41.4 Å². The number of carbonyl (C=O) groups is 1. The zero-order valence-corrected chi connectivity index (χ0v) is 10.3. The van der Waals surface area contributed by atoms with E-state index in [2.05, 4.69) is 0 Å². The Labute approximate surface area is 96.6 Å². The number of hydrogen-bond donors (Lipinski definition) is 1. The maximum atomic E-state index is 11.7. The van der Waals surface area contributed by atoms with Crippen molar-refractivity contribution in [2.45, 2.75) is 32.8 Å². The first-order chi connectivity index (χ1) is 7.42. The molecule has 1 aliphatic heterocycles. The number of likely N-dealkylation sites (tertiary alicyclic amines) is 1. The van der Waals surface area contributed by atoms with Crippen molar-refractivity contribution >= 4 is 6.09 Å². The monoisotopic (exact) mass is 227 g/mol. The van der Waals surface area contributed by atoms with E-state index in [4.69, 9.17) is 9.84 Å². The predicted octanol–water partition coefficient (Wildman–Crippen LogP) is 1.48. The van der Waals surface area contributed by atoms with Crippen LogP contribution in [0.25, 0.3) is 0 Å². The molecule has 2 atom stereocenters. The third-order valence-corrected chi connectivity index (χ3v) is 3.49. The molecule has 4 heteroatoms. The fourth-order valence-electron chi connectivity index (χ4n) is 2.70. The van der Waals surface area contributed by atoms with Crippen LogP contribution in [0.1, 0.15) is 27.2 Å². The summed E-state index contributed by atoms with van der Waals surface area (Å²) in [5, 5.41) is 8.85. The van der Waals surface area contributed by atoms with Crippen LogP contribution in [0.2, 0.25) is 0 Å². The van der Waals surface area contributed by atoms with Gasteiger partial charge in [-0.2, -0.15) is 0 Å². The van der Waals surface area contributed by atoms with E-state index in [1.165, 1.54) is 0 Å². The number of amides is 1. The molecule has 1 heterocycles. The number of carbonyl (C=O) groups excluding carboxylic acids is 1. The number of ether oxygens (including phenoxy) is 1. The zero-order valence-electron chi connectivity index (χ0n) is 10.3. The minimum atomic E-state index is -0.408. The summed E-state index contributed by atoms with van der Waals surface area (Å²) in [5.41, 5.74) is -0.408. The maximum Gasteiger partial charge on any atom is 0.410 e. The topological polar surface area (TPSA) is 49.8 Å². The van der Waals surface area contributed by atoms with Crippen LogP contribution in [-0.2, 0) is 4.74 Å². The van der Waals surface area contributed by atoms with Gasteiger partial charge in [0.05, 0.1) is 0 Å². The third-order valence-electron chi connectivity index (χ3n) is 3.49. The van der Waals surface area contributed by atoms with Crippen molar-refractivity contribution in [1.82, 2.24) is 4.90 Å². The molecule has 1 aliphatic carbocycles. The highest BCUT2D eigenvalue weighted by Crippen LogP contribution is 2.53. The molecular formula is C12H21NO3. The van der Waals surface area contributed by atoms with Crippen molar-refractivity contribution in [3.8, 4) is 0 Å². The summed E-state index contributed by atoms with van der Waals surface area (Å²) < 4.78 is 5.32. The molecule has 1 saturated carbocycles. The summed E-state index contributed by atoms with van der Waals surface area (Å²) in [7, 11) is 0. The summed E-state index contributed by atoms with van der Waals surface area (Å²) >= 11 is 0. The van der Waals surface area contributed by atoms with Crippen molar-refractivity contribution in [2.75, 3.05) is 19.7 Å². The highest BCUT2D eigenvalue weighted by molar-refractivity contribution is 5.68. The average molecular weight is 227 g/mol. The molecule has 0 radical (unpaired) electrons. The fourth-order valence-corrected chi connectivity index (χ4v) is 2.70. The van der Waals surface area contributed by atoms with E-state index >= 15 is 0 Å². The van der Waals surface area contributed by atoms with Gasteiger partial charge in [-0.05, 0) is 44.9 Å². The Morgan fingerprint density at radius 2 is 1.94 bits per heavy atom. The van der Waals surface area contributed by atoms with E-state index < -0.39 is 5.60 Å². The molecule has 0 bridgehead atoms. The number of rotatable bonds is 2. The minimum Gasteiger partial charge on any atom is -0.444 e. The van der Waals surface area contributed by atoms with Crippen molar-refractivity contribution in [3.05, 3.63) is 0 Å². The maximum absolute atomic E-state index is 11.7. The van der Waals surface area contributed by atoms with Gasteiger partial charge in [0.15, 0.2) is 0 Å². The van der Waals surface area contributed by atoms with Gasteiger partial charge in [-0.15, -0.1) is 0 Å². The second-order valence-corrected chi connectivity index (χ2v) is 5.89. The summed E-state index contributed by atoms with van der Waals surface area (Å²) in [6.45, 7) is 7.54. The van der Waals surface area contributed by atoms with Crippen LogP contribution in [0.4, 0.5) is 4.79 Å². The second kappa shape index (κ2) is 3.91. The first-order valence-electron chi connectivity index (χ1n) is 6.01. The van der Waals surface area contributed by atoms with Crippen molar-refractivity contribution in [2.24, 2.45) is 17.8 Å². The molecule has 16 heavy (non-hydrogen) atoms. The van der Waals surface area contributed by atoms with E-state index in [1.54, 1.807) is 4.90 Å². The molecule has 1 saturated heterocycles. The van der Waals surface area contributed by atoms with Crippen molar-refractivity contribution < 1.29 is 14.6 Å². The van der Waals surface area contributed by atoms with Gasteiger partial charge in [-0.25, -0.2) is 4.79 Å². The molecule has 0 aromatic rings. The van der Waals surface area contributed by atoms with E-state index in [-0.39, 0.29) is 12.7 Å². The van der Waals surface area contributed by atoms with Crippen LogP contribution < -0.4 is 0 Å². The molecule has 92 valence electrons. The lowest BCUT2D eigenvalue weighted by Gasteiger charge is -2.25. The Morgan fingerprint density at radius 3 is 2.38 bits per heavy atom. The van der Waals surface area contributed by atoms with E-state index in [0.29, 0.717) is 17.8 Å². The molecule has 0 aromatic heterocycles. The Balaban J connectivity index is 1.78. The first kappa shape index (κ1) is 11.7. The summed E-state index contributed by atoms with van der Waals surface area (Å²) in [5.74, 6) is 1.86. The van der Waals surface area contributed by atoms with E-state index in [1.807, 2.05) is 20.8 Å². The van der Waals surface area contributed by atoms with Gasteiger partial charge in [0.2, 0.25) is 0 Å². The number of aliphatic hydroxyl groups excluding tert-OH is 1. The molecule has 2 rings (SSSR count). The Bertz CT molecular complexity index is 272. The molecular weight excluding hydrogens is 206 g/mol. The summed E-state index contributed by atoms with van der Waals surface area (Å²) in [6.07, 6.45) is 0.694. The van der Waals surface area contributed by atoms with Crippen LogP contribution in [0.15, 0.2) is 0 Å². The number of nitrogens with zero attached hydrogens (tertiary/aromatic N) is 1. The standard InChI is InChI=1S/C12H21NO3/c1-12(2,3)16-11(15)13-6-9-8(4-5-14)10(9)7-13/h8-10,14H,4-7H2,1-3H3/t9-,10-/m1/s1. The number of aliphatic hydroxyl groups is 1. The van der Waals surface area contributed by atoms with Gasteiger partial charge >= 0.3 is 6.09 Å². The molecule has 2 fully saturated rings. The van der Waals surface area contributed by atoms with Gasteiger partial charge in [0.1, 0.15) is 5.60 Å². The second-order valence-electron chi connectivity index (χ2n) is 5.89. The lowest BCUT2D eigenvalue weighted by Crippen LogP contribution is -2.37. The first-order valence-corrected chi connectivity index (χ1v) is 6.01. The molecule has 2 aliphatic rings. The van der Waals surface area contributed by atoms with E-state index in [0.717, 1.165) is 19.5 Å². The van der Waals surface area contributed by atoms with Crippen LogP contribution in [0.5, 0.6) is 0 Å². The highest BCUT2D eigenvalue weighted by atomic mass is 16.6. The lowest BCUT2D eigenvalue weighted by molar-refractivity contribution is 0.0264. The molecule has 4 nitrogen and oxygen atoms in total. The van der Waals surface area contributed by atoms with Crippen LogP contribution in [0.3, 0.4) is 0 Å². The van der Waals surface area contributed by atoms with Crippen molar-refractivity contribution in [3.63, 3.8) is 0 Å². The number of fused-ring (bicyclic) bond motifs is 1. The fraction of sp³-hybridized carbons (Fsp3) is 0.917. The quantitative estimate of drug-likeness (QED) is 0.777. The number of piperidine rings is 1. The van der Waals surface area contributed by atoms with Gasteiger partial charge in [0, 0.05) is 19.7 Å². The minimum absolute atomic E-state index is 0.192. The predicted molar refractivity (Wildman–Crippen MR) is 60.0 cm³/mol. The van der Waals surface area contributed by atoms with Gasteiger partial charge < -0.3 is 14.7 Å². The van der Waals surface area contributed by atoms with Gasteiger partial charge in [-0.1, -0.05) is 0 Å². The molecule has 0 spiro atoms. The Kier molecular flexibility index (Phi) is 2.86. The largest absolute Gasteiger partial charge is 0.444 e. The number of hydrogen-bond acceptors (Lipinski definition) is 3. The third kappa shape index (κ3) is 2.32. The molecule has 1 N–H and O–H groups in total.